The summed E-state index contributed by atoms with van der Waals surface area (Å²) in [6, 6.07) is 9.02. The fourth-order valence-electron chi connectivity index (χ4n) is 2.35. The summed E-state index contributed by atoms with van der Waals surface area (Å²) in [6.45, 7) is 6.13. The van der Waals surface area contributed by atoms with Crippen LogP contribution in [0.15, 0.2) is 30.3 Å². The van der Waals surface area contributed by atoms with Gasteiger partial charge in [-0.3, -0.25) is 9.59 Å². The average Bonchev–Trinajstić information content (AvgIpc) is 2.44. The molecule has 1 aromatic carbocycles. The van der Waals surface area contributed by atoms with E-state index in [2.05, 4.69) is 24.5 Å². The molecule has 0 aliphatic rings. The number of rotatable bonds is 8. The van der Waals surface area contributed by atoms with E-state index in [4.69, 9.17) is 5.73 Å². The molecule has 1 unspecified atom stereocenters. The zero-order valence-electron chi connectivity index (χ0n) is 13.6. The predicted molar refractivity (Wildman–Crippen MR) is 88.2 cm³/mol. The third-order valence-corrected chi connectivity index (χ3v) is 3.29. The molecule has 0 saturated heterocycles. The van der Waals surface area contributed by atoms with Crippen molar-refractivity contribution < 1.29 is 9.59 Å². The highest BCUT2D eigenvalue weighted by Gasteiger charge is 2.15. The van der Waals surface area contributed by atoms with Crippen LogP contribution in [-0.2, 0) is 16.0 Å². The number of hydrogen-bond donors (Lipinski definition) is 3. The van der Waals surface area contributed by atoms with Crippen LogP contribution in [0.3, 0.4) is 0 Å². The highest BCUT2D eigenvalue weighted by atomic mass is 16.2. The average molecular weight is 305 g/mol. The molecule has 0 fully saturated rings. The van der Waals surface area contributed by atoms with Crippen LogP contribution in [0.4, 0.5) is 0 Å². The summed E-state index contributed by atoms with van der Waals surface area (Å²) in [5, 5.41) is 5.45. The summed E-state index contributed by atoms with van der Waals surface area (Å²) < 4.78 is 0. The van der Waals surface area contributed by atoms with Gasteiger partial charge in [-0.15, -0.1) is 0 Å². The van der Waals surface area contributed by atoms with Gasteiger partial charge in [-0.2, -0.15) is 0 Å². The number of carbonyl (C=O) groups is 2. The number of nitrogens with one attached hydrogen (secondary N) is 2. The fraction of sp³-hybridized carbons (Fsp3) is 0.529. The first-order valence-electron chi connectivity index (χ1n) is 7.75. The second-order valence-electron chi connectivity index (χ2n) is 6.11. The van der Waals surface area contributed by atoms with E-state index in [9.17, 15) is 9.59 Å². The minimum Gasteiger partial charge on any atom is -0.352 e. The molecule has 2 atom stereocenters. The maximum atomic E-state index is 11.9. The summed E-state index contributed by atoms with van der Waals surface area (Å²) >= 11 is 0. The van der Waals surface area contributed by atoms with Crippen LogP contribution in [0.5, 0.6) is 0 Å². The van der Waals surface area contributed by atoms with Gasteiger partial charge in [-0.25, -0.2) is 0 Å². The SMILES string of the molecule is CC(C)CC(C)NC(=O)CNC(=O)[C@H](N)Cc1ccccc1. The third kappa shape index (κ3) is 7.22. The Balaban J connectivity index is 2.31. The fourth-order valence-corrected chi connectivity index (χ4v) is 2.35. The standard InChI is InChI=1S/C17H27N3O2/c1-12(2)9-13(3)20-16(21)11-19-17(22)15(18)10-14-7-5-4-6-8-14/h4-8,12-13,15H,9-11,18H2,1-3H3,(H,19,22)(H,20,21)/t13?,15-/m1/s1. The second-order valence-corrected chi connectivity index (χ2v) is 6.11. The first-order valence-corrected chi connectivity index (χ1v) is 7.75. The van der Waals surface area contributed by atoms with Crippen molar-refractivity contribution in [1.29, 1.82) is 0 Å². The Morgan fingerprint density at radius 3 is 2.36 bits per heavy atom. The number of carbonyl (C=O) groups excluding carboxylic acids is 2. The van der Waals surface area contributed by atoms with E-state index in [0.717, 1.165) is 12.0 Å². The molecule has 22 heavy (non-hydrogen) atoms. The minimum absolute atomic E-state index is 0.0379. The number of benzene rings is 1. The normalized spacial score (nSPS) is 13.5. The lowest BCUT2D eigenvalue weighted by molar-refractivity contribution is -0.127. The lowest BCUT2D eigenvalue weighted by Crippen LogP contribution is -2.47. The number of nitrogens with two attached hydrogens (primary N) is 1. The molecule has 4 N–H and O–H groups in total. The van der Waals surface area contributed by atoms with Gasteiger partial charge < -0.3 is 16.4 Å². The molecule has 0 heterocycles. The van der Waals surface area contributed by atoms with Gasteiger partial charge in [0.1, 0.15) is 0 Å². The van der Waals surface area contributed by atoms with Gasteiger partial charge in [0, 0.05) is 6.04 Å². The van der Waals surface area contributed by atoms with Crippen molar-refractivity contribution in [1.82, 2.24) is 10.6 Å². The van der Waals surface area contributed by atoms with Crippen molar-refractivity contribution in [3.63, 3.8) is 0 Å². The van der Waals surface area contributed by atoms with Crippen molar-refractivity contribution >= 4 is 11.8 Å². The van der Waals surface area contributed by atoms with E-state index in [1.807, 2.05) is 37.3 Å². The van der Waals surface area contributed by atoms with Crippen molar-refractivity contribution in [3.8, 4) is 0 Å². The molecule has 0 radical (unpaired) electrons. The topological polar surface area (TPSA) is 84.2 Å². The number of amides is 2. The van der Waals surface area contributed by atoms with Gasteiger partial charge >= 0.3 is 0 Å². The van der Waals surface area contributed by atoms with E-state index in [1.165, 1.54) is 0 Å². The quantitative estimate of drug-likeness (QED) is 0.675. The summed E-state index contributed by atoms with van der Waals surface area (Å²) in [6.07, 6.45) is 1.37. The van der Waals surface area contributed by atoms with Gasteiger partial charge in [0.2, 0.25) is 11.8 Å². The molecule has 1 aromatic rings. The molecule has 0 saturated carbocycles. The molecule has 0 aromatic heterocycles. The summed E-state index contributed by atoms with van der Waals surface area (Å²) in [7, 11) is 0. The maximum Gasteiger partial charge on any atom is 0.239 e. The summed E-state index contributed by atoms with van der Waals surface area (Å²) in [5.41, 5.74) is 6.86. The van der Waals surface area contributed by atoms with Crippen LogP contribution < -0.4 is 16.4 Å². The van der Waals surface area contributed by atoms with Gasteiger partial charge in [0.15, 0.2) is 0 Å². The molecule has 1 rings (SSSR count). The van der Waals surface area contributed by atoms with E-state index in [-0.39, 0.29) is 24.4 Å². The highest BCUT2D eigenvalue weighted by molar-refractivity contribution is 5.87. The molecule has 0 aliphatic carbocycles. The largest absolute Gasteiger partial charge is 0.352 e. The van der Waals surface area contributed by atoms with Gasteiger partial charge in [0.25, 0.3) is 0 Å². The lowest BCUT2D eigenvalue weighted by Gasteiger charge is -2.17. The summed E-state index contributed by atoms with van der Waals surface area (Å²) in [5.74, 6) is 0.0214. The minimum atomic E-state index is -0.650. The predicted octanol–water partition coefficient (Wildman–Crippen LogP) is 1.22. The molecule has 2 amide bonds. The first-order chi connectivity index (χ1) is 10.4. The van der Waals surface area contributed by atoms with Crippen LogP contribution in [-0.4, -0.2) is 30.4 Å². The van der Waals surface area contributed by atoms with Crippen LogP contribution in [0.1, 0.15) is 32.8 Å². The number of hydrogen-bond acceptors (Lipinski definition) is 3. The third-order valence-electron chi connectivity index (χ3n) is 3.29. The van der Waals surface area contributed by atoms with E-state index >= 15 is 0 Å². The summed E-state index contributed by atoms with van der Waals surface area (Å²) in [4.78, 5) is 23.7. The Morgan fingerprint density at radius 1 is 1.14 bits per heavy atom. The van der Waals surface area contributed by atoms with Gasteiger partial charge in [0.05, 0.1) is 12.6 Å². The molecular weight excluding hydrogens is 278 g/mol. The Hall–Kier alpha value is -1.88. The van der Waals surface area contributed by atoms with Crippen molar-refractivity contribution in [2.75, 3.05) is 6.54 Å². The first kappa shape index (κ1) is 18.2. The molecule has 5 nitrogen and oxygen atoms in total. The molecule has 122 valence electrons. The van der Waals surface area contributed by atoms with E-state index < -0.39 is 6.04 Å². The molecule has 0 spiro atoms. The lowest BCUT2D eigenvalue weighted by atomic mass is 10.1. The Morgan fingerprint density at radius 2 is 1.77 bits per heavy atom. The van der Waals surface area contributed by atoms with Crippen molar-refractivity contribution in [2.24, 2.45) is 11.7 Å². The van der Waals surface area contributed by atoms with Crippen LogP contribution >= 0.6 is 0 Å². The van der Waals surface area contributed by atoms with Gasteiger partial charge in [-0.1, -0.05) is 44.2 Å². The monoisotopic (exact) mass is 305 g/mol. The highest BCUT2D eigenvalue weighted by Crippen LogP contribution is 2.03. The van der Waals surface area contributed by atoms with E-state index in [1.54, 1.807) is 0 Å². The Bertz CT molecular complexity index is 474. The molecule has 0 bridgehead atoms. The maximum absolute atomic E-state index is 11.9. The zero-order chi connectivity index (χ0) is 16.5. The van der Waals surface area contributed by atoms with Crippen LogP contribution in [0.2, 0.25) is 0 Å². The van der Waals surface area contributed by atoms with Crippen molar-refractivity contribution in [3.05, 3.63) is 35.9 Å². The van der Waals surface area contributed by atoms with Gasteiger partial charge in [-0.05, 0) is 31.2 Å². The smallest absolute Gasteiger partial charge is 0.239 e. The van der Waals surface area contributed by atoms with Crippen molar-refractivity contribution in [2.45, 2.75) is 45.7 Å². The zero-order valence-corrected chi connectivity index (χ0v) is 13.6. The van der Waals surface area contributed by atoms with Crippen LogP contribution in [0.25, 0.3) is 0 Å². The Labute approximate surface area is 132 Å². The molecular formula is C17H27N3O2. The van der Waals surface area contributed by atoms with E-state index in [0.29, 0.717) is 12.3 Å². The Kier molecular flexibility index (Phi) is 7.60. The molecule has 0 aliphatic heterocycles. The second kappa shape index (κ2) is 9.20. The van der Waals surface area contributed by atoms with Crippen LogP contribution in [0, 0.1) is 5.92 Å². The molecule has 5 heteroatoms.